The number of hydrogen-bond donors (Lipinski definition) is 2. The van der Waals surface area contributed by atoms with E-state index in [1.807, 2.05) is 20.8 Å². The van der Waals surface area contributed by atoms with E-state index in [4.69, 9.17) is 5.41 Å². The Morgan fingerprint density at radius 2 is 1.89 bits per heavy atom. The Labute approximate surface area is 56.5 Å². The van der Waals surface area contributed by atoms with Crippen LogP contribution in [-0.4, -0.2) is 23.9 Å². The molecule has 0 atom stereocenters. The average Bonchev–Trinajstić information content (AvgIpc) is 1.65. The Balaban J connectivity index is 3.94. The van der Waals surface area contributed by atoms with Crippen molar-refractivity contribution in [1.29, 1.82) is 5.41 Å². The molecule has 0 unspecified atom stereocenters. The fourth-order valence-electron chi connectivity index (χ4n) is 0.594. The Kier molecular flexibility index (Phi) is 2.65. The maximum atomic E-state index is 6.95. The normalized spacial score (nSPS) is 11.1. The number of nitrogens with zero attached hydrogens (tertiary/aromatic N) is 1. The van der Waals surface area contributed by atoms with Gasteiger partial charge in [-0.2, -0.15) is 0 Å². The Hall–Kier alpha value is -0.570. The van der Waals surface area contributed by atoms with E-state index >= 15 is 0 Å². The molecule has 3 heteroatoms. The number of hydrogen-bond acceptors (Lipinski definition) is 2. The van der Waals surface area contributed by atoms with Gasteiger partial charge in [-0.15, -0.1) is 0 Å². The smallest absolute Gasteiger partial charge is 0.0965 e. The first kappa shape index (κ1) is 8.43. The molecule has 0 aromatic heterocycles. The van der Waals surface area contributed by atoms with E-state index in [2.05, 4.69) is 5.43 Å². The van der Waals surface area contributed by atoms with E-state index in [0.29, 0.717) is 0 Å². The summed E-state index contributed by atoms with van der Waals surface area (Å²) >= 11 is 0. The van der Waals surface area contributed by atoms with Crippen LogP contribution in [0.1, 0.15) is 20.8 Å². The topological polar surface area (TPSA) is 39.1 Å². The van der Waals surface area contributed by atoms with Gasteiger partial charge in [0, 0.05) is 12.6 Å². The zero-order valence-corrected chi connectivity index (χ0v) is 6.52. The third-order valence-corrected chi connectivity index (χ3v) is 1.09. The van der Waals surface area contributed by atoms with Crippen LogP contribution in [0.5, 0.6) is 0 Å². The van der Waals surface area contributed by atoms with Crippen LogP contribution >= 0.6 is 0 Å². The highest BCUT2D eigenvalue weighted by molar-refractivity contribution is 5.50. The minimum absolute atomic E-state index is 0.00347. The van der Waals surface area contributed by atoms with Gasteiger partial charge in [0.05, 0.1) is 6.34 Å². The molecule has 0 saturated heterocycles. The van der Waals surface area contributed by atoms with Crippen LogP contribution in [0.25, 0.3) is 0 Å². The van der Waals surface area contributed by atoms with Crippen molar-refractivity contribution >= 4 is 6.34 Å². The first-order valence-electron chi connectivity index (χ1n) is 2.99. The van der Waals surface area contributed by atoms with Gasteiger partial charge in [0.1, 0.15) is 0 Å². The van der Waals surface area contributed by atoms with Gasteiger partial charge < -0.3 is 0 Å². The molecule has 54 valence electrons. The summed E-state index contributed by atoms with van der Waals surface area (Å²) in [5, 5.41) is 8.68. The predicted octanol–water partition coefficient (Wildman–Crippen LogP) is 0.828. The van der Waals surface area contributed by atoms with Crippen molar-refractivity contribution in [3.63, 3.8) is 0 Å². The van der Waals surface area contributed by atoms with Gasteiger partial charge in [0.15, 0.2) is 0 Å². The highest BCUT2D eigenvalue weighted by Crippen LogP contribution is 2.06. The Bertz CT molecular complexity index is 93.0. The number of hydrazine groups is 1. The molecule has 0 aliphatic carbocycles. The summed E-state index contributed by atoms with van der Waals surface area (Å²) in [6.45, 7) is 6.11. The highest BCUT2D eigenvalue weighted by atomic mass is 15.5. The third-order valence-electron chi connectivity index (χ3n) is 1.09. The zero-order chi connectivity index (χ0) is 7.49. The van der Waals surface area contributed by atoms with Crippen LogP contribution in [-0.2, 0) is 0 Å². The third kappa shape index (κ3) is 2.46. The van der Waals surface area contributed by atoms with E-state index in [-0.39, 0.29) is 5.54 Å². The lowest BCUT2D eigenvalue weighted by Gasteiger charge is -2.32. The molecule has 0 aromatic rings. The minimum Gasteiger partial charge on any atom is -0.294 e. The lowest BCUT2D eigenvalue weighted by atomic mass is 10.1. The number of rotatable bonds is 2. The fourth-order valence-corrected chi connectivity index (χ4v) is 0.594. The van der Waals surface area contributed by atoms with Gasteiger partial charge in [-0.25, -0.2) is 5.43 Å². The average molecular weight is 129 g/mol. The van der Waals surface area contributed by atoms with Gasteiger partial charge >= 0.3 is 0 Å². The molecule has 2 N–H and O–H groups in total. The summed E-state index contributed by atoms with van der Waals surface area (Å²) < 4.78 is 0. The van der Waals surface area contributed by atoms with Crippen molar-refractivity contribution in [2.75, 3.05) is 7.05 Å². The molecule has 0 saturated carbocycles. The van der Waals surface area contributed by atoms with Gasteiger partial charge in [-0.05, 0) is 20.8 Å². The van der Waals surface area contributed by atoms with Crippen LogP contribution in [0.15, 0.2) is 0 Å². The minimum atomic E-state index is -0.00347. The highest BCUT2D eigenvalue weighted by Gasteiger charge is 2.15. The molecular weight excluding hydrogens is 114 g/mol. The molecule has 0 fully saturated rings. The van der Waals surface area contributed by atoms with E-state index in [1.165, 1.54) is 6.34 Å². The molecule has 0 aliphatic heterocycles. The van der Waals surface area contributed by atoms with E-state index in [9.17, 15) is 0 Å². The zero-order valence-electron chi connectivity index (χ0n) is 6.52. The summed E-state index contributed by atoms with van der Waals surface area (Å²) in [6.07, 6.45) is 1.28. The van der Waals surface area contributed by atoms with Crippen molar-refractivity contribution in [2.45, 2.75) is 26.3 Å². The quantitative estimate of drug-likeness (QED) is 0.329. The largest absolute Gasteiger partial charge is 0.294 e. The SMILES string of the molecule is CNN(C=N)C(C)(C)C. The van der Waals surface area contributed by atoms with Gasteiger partial charge in [-0.1, -0.05) is 0 Å². The molecule has 9 heavy (non-hydrogen) atoms. The second kappa shape index (κ2) is 2.82. The van der Waals surface area contributed by atoms with Crippen LogP contribution in [0.4, 0.5) is 0 Å². The van der Waals surface area contributed by atoms with Crippen LogP contribution < -0.4 is 5.43 Å². The molecular formula is C6H15N3. The van der Waals surface area contributed by atoms with Crippen LogP contribution in [0.2, 0.25) is 0 Å². The van der Waals surface area contributed by atoms with Gasteiger partial charge in [-0.3, -0.25) is 10.4 Å². The first-order valence-corrected chi connectivity index (χ1v) is 2.99. The van der Waals surface area contributed by atoms with Crippen LogP contribution in [0, 0.1) is 5.41 Å². The van der Waals surface area contributed by atoms with Gasteiger partial charge in [0.2, 0.25) is 0 Å². The summed E-state index contributed by atoms with van der Waals surface area (Å²) in [5.74, 6) is 0. The molecule has 0 rings (SSSR count). The molecule has 0 aliphatic rings. The van der Waals surface area contributed by atoms with Crippen molar-refractivity contribution in [1.82, 2.24) is 10.4 Å². The lowest BCUT2D eigenvalue weighted by molar-refractivity contribution is 0.189. The molecule has 0 radical (unpaired) electrons. The summed E-state index contributed by atoms with van der Waals surface area (Å²) in [6, 6.07) is 0. The van der Waals surface area contributed by atoms with Crippen molar-refractivity contribution < 1.29 is 0 Å². The van der Waals surface area contributed by atoms with Gasteiger partial charge in [0.25, 0.3) is 0 Å². The van der Waals surface area contributed by atoms with Crippen molar-refractivity contribution in [3.8, 4) is 0 Å². The maximum Gasteiger partial charge on any atom is 0.0965 e. The molecule has 0 bridgehead atoms. The van der Waals surface area contributed by atoms with E-state index in [0.717, 1.165) is 0 Å². The first-order chi connectivity index (χ1) is 4.02. The second-order valence-electron chi connectivity index (χ2n) is 2.89. The van der Waals surface area contributed by atoms with E-state index in [1.54, 1.807) is 12.1 Å². The van der Waals surface area contributed by atoms with Crippen molar-refractivity contribution in [3.05, 3.63) is 0 Å². The molecule has 0 amide bonds. The predicted molar refractivity (Wildman–Crippen MR) is 39.4 cm³/mol. The van der Waals surface area contributed by atoms with Crippen LogP contribution in [0.3, 0.4) is 0 Å². The molecule has 0 aromatic carbocycles. The lowest BCUT2D eigenvalue weighted by Crippen LogP contribution is -2.47. The molecule has 3 nitrogen and oxygen atoms in total. The van der Waals surface area contributed by atoms with E-state index < -0.39 is 0 Å². The maximum absolute atomic E-state index is 6.95. The van der Waals surface area contributed by atoms with Crippen molar-refractivity contribution in [2.24, 2.45) is 0 Å². The fraction of sp³-hybridized carbons (Fsp3) is 0.833. The summed E-state index contributed by atoms with van der Waals surface area (Å²) in [7, 11) is 1.80. The molecule has 0 spiro atoms. The Morgan fingerprint density at radius 1 is 1.44 bits per heavy atom. The standard InChI is InChI=1S/C6H15N3/c1-6(2,3)9(5-7)8-4/h5,7-8H,1-4H3. The summed E-state index contributed by atoms with van der Waals surface area (Å²) in [4.78, 5) is 0. The Morgan fingerprint density at radius 3 is 1.89 bits per heavy atom. The second-order valence-corrected chi connectivity index (χ2v) is 2.89. The summed E-state index contributed by atoms with van der Waals surface area (Å²) in [5.41, 5.74) is 2.88. The molecule has 0 heterocycles. The number of nitrogens with one attached hydrogen (secondary N) is 2. The monoisotopic (exact) mass is 129 g/mol.